The lowest BCUT2D eigenvalue weighted by molar-refractivity contribution is 0.0850. The topological polar surface area (TPSA) is 73.1 Å². The number of hydrogen-bond donors (Lipinski definition) is 2. The minimum absolute atomic E-state index is 0.0621. The van der Waals surface area contributed by atoms with Crippen LogP contribution in [0, 0.1) is 23.7 Å². The summed E-state index contributed by atoms with van der Waals surface area (Å²) in [7, 11) is 0. The Hall–Kier alpha value is -1.86. The molecule has 4 heteroatoms. The van der Waals surface area contributed by atoms with Crippen molar-refractivity contribution in [1.82, 2.24) is 5.32 Å². The van der Waals surface area contributed by atoms with Crippen LogP contribution in [-0.2, 0) is 0 Å². The molecule has 0 saturated carbocycles. The molecule has 0 bridgehead atoms. The van der Waals surface area contributed by atoms with E-state index in [9.17, 15) is 9.90 Å². The van der Waals surface area contributed by atoms with E-state index in [0.717, 1.165) is 18.4 Å². The number of amides is 1. The van der Waals surface area contributed by atoms with Crippen LogP contribution in [0.4, 0.5) is 0 Å². The average Bonchev–Trinajstić information content (AvgIpc) is 2.48. The molecule has 0 unspecified atom stereocenters. The highest BCUT2D eigenvalue weighted by Gasteiger charge is 2.26. The van der Waals surface area contributed by atoms with Crippen LogP contribution < -0.4 is 5.32 Å². The first-order valence-electron chi connectivity index (χ1n) is 6.91. The maximum absolute atomic E-state index is 12.2. The second-order valence-electron chi connectivity index (χ2n) is 5.19. The van der Waals surface area contributed by atoms with Crippen LogP contribution in [0.5, 0.6) is 0 Å². The molecule has 20 heavy (non-hydrogen) atoms. The quantitative estimate of drug-likeness (QED) is 0.836. The number of aliphatic hydroxyl groups is 1. The molecule has 1 amide bonds. The van der Waals surface area contributed by atoms with Gasteiger partial charge in [-0.2, -0.15) is 5.26 Å². The Kier molecular flexibility index (Phi) is 5.72. The van der Waals surface area contributed by atoms with Gasteiger partial charge in [-0.1, -0.05) is 13.8 Å². The van der Waals surface area contributed by atoms with Gasteiger partial charge >= 0.3 is 0 Å². The smallest absolute Gasteiger partial charge is 0.251 e. The molecule has 108 valence electrons. The molecule has 1 aromatic carbocycles. The van der Waals surface area contributed by atoms with Gasteiger partial charge in [0, 0.05) is 17.5 Å². The fourth-order valence-corrected chi connectivity index (χ4v) is 2.13. The molecule has 0 saturated heterocycles. The number of carbonyl (C=O) groups excluding carboxylic acids is 1. The van der Waals surface area contributed by atoms with E-state index in [0.29, 0.717) is 17.7 Å². The normalized spacial score (nSPS) is 10.9. The van der Waals surface area contributed by atoms with E-state index in [2.05, 4.69) is 11.4 Å². The molecule has 0 heterocycles. The molecule has 1 rings (SSSR count). The zero-order valence-electron chi connectivity index (χ0n) is 12.4. The molecule has 0 radical (unpaired) electrons. The minimum Gasteiger partial charge on any atom is -0.396 e. The summed E-state index contributed by atoms with van der Waals surface area (Å²) < 4.78 is 0. The number of nitrogens with one attached hydrogen (secondary N) is 1. The average molecular weight is 274 g/mol. The summed E-state index contributed by atoms with van der Waals surface area (Å²) in [6.45, 7) is 6.35. The van der Waals surface area contributed by atoms with Gasteiger partial charge in [-0.3, -0.25) is 4.79 Å². The number of aliphatic hydroxyl groups excluding tert-OH is 1. The van der Waals surface area contributed by atoms with Crippen LogP contribution in [0.3, 0.4) is 0 Å². The van der Waals surface area contributed by atoms with Crippen LogP contribution >= 0.6 is 0 Å². The number of hydrogen-bond acceptors (Lipinski definition) is 3. The van der Waals surface area contributed by atoms with E-state index < -0.39 is 0 Å². The summed E-state index contributed by atoms with van der Waals surface area (Å²) >= 11 is 0. The monoisotopic (exact) mass is 274 g/mol. The van der Waals surface area contributed by atoms with Crippen LogP contribution in [-0.4, -0.2) is 24.2 Å². The van der Waals surface area contributed by atoms with Crippen molar-refractivity contribution in [2.24, 2.45) is 5.41 Å². The van der Waals surface area contributed by atoms with Gasteiger partial charge in [0.2, 0.25) is 0 Å². The van der Waals surface area contributed by atoms with E-state index >= 15 is 0 Å². The molecule has 0 spiro atoms. The standard InChI is InChI=1S/C16H22N2O2/c1-4-16(5-2,11-19)10-18-15(20)14-7-6-13(9-17)8-12(14)3/h6-8,19H,4-5,10-11H2,1-3H3,(H,18,20). The van der Waals surface area contributed by atoms with Gasteiger partial charge in [0.15, 0.2) is 0 Å². The maximum atomic E-state index is 12.2. The third-order valence-corrected chi connectivity index (χ3v) is 4.06. The molecular formula is C16H22N2O2. The van der Waals surface area contributed by atoms with E-state index in [1.807, 2.05) is 20.8 Å². The fraction of sp³-hybridized carbons (Fsp3) is 0.500. The Morgan fingerprint density at radius 3 is 2.50 bits per heavy atom. The molecule has 0 aliphatic rings. The third kappa shape index (κ3) is 3.58. The van der Waals surface area contributed by atoms with Crippen molar-refractivity contribution in [2.45, 2.75) is 33.6 Å². The van der Waals surface area contributed by atoms with Crippen molar-refractivity contribution in [3.05, 3.63) is 34.9 Å². The highest BCUT2D eigenvalue weighted by molar-refractivity contribution is 5.95. The van der Waals surface area contributed by atoms with E-state index in [4.69, 9.17) is 5.26 Å². The van der Waals surface area contributed by atoms with Crippen molar-refractivity contribution in [3.8, 4) is 6.07 Å². The van der Waals surface area contributed by atoms with Gasteiger partial charge in [-0.25, -0.2) is 0 Å². The summed E-state index contributed by atoms with van der Waals surface area (Å²) in [6, 6.07) is 7.06. The van der Waals surface area contributed by atoms with Gasteiger partial charge in [-0.05, 0) is 43.5 Å². The van der Waals surface area contributed by atoms with E-state index in [1.54, 1.807) is 18.2 Å². The Labute approximate surface area is 120 Å². The SMILES string of the molecule is CCC(CC)(CO)CNC(=O)c1ccc(C#N)cc1C. The molecule has 0 aliphatic carbocycles. The van der Waals surface area contributed by atoms with Crippen LogP contribution in [0.2, 0.25) is 0 Å². The van der Waals surface area contributed by atoms with Gasteiger partial charge < -0.3 is 10.4 Å². The predicted octanol–water partition coefficient (Wildman–Crippen LogP) is 2.40. The molecule has 0 atom stereocenters. The first kappa shape index (κ1) is 16.2. The lowest BCUT2D eigenvalue weighted by atomic mass is 9.83. The van der Waals surface area contributed by atoms with E-state index in [1.165, 1.54) is 0 Å². The predicted molar refractivity (Wildman–Crippen MR) is 78.3 cm³/mol. The molecule has 1 aromatic rings. The Morgan fingerprint density at radius 1 is 1.40 bits per heavy atom. The Bertz CT molecular complexity index is 505. The Balaban J connectivity index is 2.80. The summed E-state index contributed by atoms with van der Waals surface area (Å²) in [5, 5.41) is 21.2. The number of carbonyl (C=O) groups is 1. The zero-order chi connectivity index (χ0) is 15.2. The number of rotatable bonds is 6. The highest BCUT2D eigenvalue weighted by atomic mass is 16.3. The van der Waals surface area contributed by atoms with Gasteiger partial charge in [0.1, 0.15) is 0 Å². The molecule has 4 nitrogen and oxygen atoms in total. The number of benzene rings is 1. The van der Waals surface area contributed by atoms with Crippen molar-refractivity contribution >= 4 is 5.91 Å². The first-order chi connectivity index (χ1) is 9.51. The van der Waals surface area contributed by atoms with Crippen LogP contribution in [0.15, 0.2) is 18.2 Å². The van der Waals surface area contributed by atoms with Crippen molar-refractivity contribution in [2.75, 3.05) is 13.2 Å². The minimum atomic E-state index is -0.254. The zero-order valence-corrected chi connectivity index (χ0v) is 12.4. The van der Waals surface area contributed by atoms with Crippen molar-refractivity contribution in [3.63, 3.8) is 0 Å². The molecule has 0 fully saturated rings. The van der Waals surface area contributed by atoms with Gasteiger partial charge in [-0.15, -0.1) is 0 Å². The van der Waals surface area contributed by atoms with Gasteiger partial charge in [0.25, 0.3) is 5.91 Å². The number of nitrogens with zero attached hydrogens (tertiary/aromatic N) is 1. The van der Waals surface area contributed by atoms with Crippen LogP contribution in [0.1, 0.15) is 48.2 Å². The molecule has 0 aliphatic heterocycles. The third-order valence-electron chi connectivity index (χ3n) is 4.06. The van der Waals surface area contributed by atoms with Crippen molar-refractivity contribution in [1.29, 1.82) is 5.26 Å². The maximum Gasteiger partial charge on any atom is 0.251 e. The molecule has 2 N–H and O–H groups in total. The summed E-state index contributed by atoms with van der Waals surface area (Å²) in [6.07, 6.45) is 1.62. The molecule has 0 aromatic heterocycles. The second-order valence-corrected chi connectivity index (χ2v) is 5.19. The van der Waals surface area contributed by atoms with E-state index in [-0.39, 0.29) is 17.9 Å². The highest BCUT2D eigenvalue weighted by Crippen LogP contribution is 2.24. The Morgan fingerprint density at radius 2 is 2.05 bits per heavy atom. The number of aryl methyl sites for hydroxylation is 1. The first-order valence-corrected chi connectivity index (χ1v) is 6.91. The largest absolute Gasteiger partial charge is 0.396 e. The fourth-order valence-electron chi connectivity index (χ4n) is 2.13. The summed E-state index contributed by atoms with van der Waals surface area (Å²) in [4.78, 5) is 12.2. The lowest BCUT2D eigenvalue weighted by Crippen LogP contribution is -2.39. The van der Waals surface area contributed by atoms with Gasteiger partial charge in [0.05, 0.1) is 18.2 Å². The van der Waals surface area contributed by atoms with Crippen molar-refractivity contribution < 1.29 is 9.90 Å². The lowest BCUT2D eigenvalue weighted by Gasteiger charge is -2.29. The van der Waals surface area contributed by atoms with Crippen LogP contribution in [0.25, 0.3) is 0 Å². The second kappa shape index (κ2) is 7.06. The summed E-state index contributed by atoms with van der Waals surface area (Å²) in [5.74, 6) is -0.160. The molecular weight excluding hydrogens is 252 g/mol. The number of nitriles is 1. The summed E-state index contributed by atoms with van der Waals surface area (Å²) in [5.41, 5.74) is 1.65.